The molecule has 19 nitrogen and oxygen atoms in total. The molecular weight excluding hydrogens is 755 g/mol. The minimum atomic E-state index is -3.69. The summed E-state index contributed by atoms with van der Waals surface area (Å²) < 4.78 is 31.7. The zero-order valence-corrected chi connectivity index (χ0v) is 34.9. The van der Waals surface area contributed by atoms with Crippen LogP contribution in [-0.2, 0) is 48.3 Å². The van der Waals surface area contributed by atoms with E-state index in [9.17, 15) is 46.8 Å². The SMILES string of the molecule is CCCC(NC(=O)[C@H](CC(C)C)NC(=O)[C@@H](NC(=O)OCC(C)C)C1CCN(C(=O)[C@H](CC(C)C)NS(C)(=O)=O)CC1)C(=O)C(=O)NCC(=O)N[C@@H](C)C(=O)O. The number of carbonyl (C=O) groups is 8. The second-order valence-corrected chi connectivity index (χ2v) is 17.3. The fourth-order valence-electron chi connectivity index (χ4n) is 5.97. The molecule has 0 aromatic heterocycles. The van der Waals surface area contributed by atoms with E-state index in [0.717, 1.165) is 6.26 Å². The lowest BCUT2D eigenvalue weighted by Crippen LogP contribution is -2.59. The number of hydrogen-bond acceptors (Lipinski definition) is 11. The number of carbonyl (C=O) groups excluding carboxylic acids is 7. The van der Waals surface area contributed by atoms with Gasteiger partial charge in [0.1, 0.15) is 24.2 Å². The molecule has 1 fully saturated rings. The quantitative estimate of drug-likeness (QED) is 0.0673. The predicted molar refractivity (Wildman–Crippen MR) is 205 cm³/mol. The van der Waals surface area contributed by atoms with Crippen molar-refractivity contribution in [2.45, 2.75) is 124 Å². The first-order valence-corrected chi connectivity index (χ1v) is 21.0. The molecule has 20 heteroatoms. The molecule has 0 aromatic carbocycles. The Labute approximate surface area is 330 Å². The molecule has 1 aliphatic rings. The van der Waals surface area contributed by atoms with Crippen LogP contribution < -0.4 is 31.3 Å². The minimum absolute atomic E-state index is 0.000582. The molecular formula is C36H63N7O12S. The number of nitrogens with one attached hydrogen (secondary N) is 6. The van der Waals surface area contributed by atoms with Crippen molar-refractivity contribution >= 4 is 57.4 Å². The Morgan fingerprint density at radius 2 is 1.32 bits per heavy atom. The van der Waals surface area contributed by atoms with Crippen LogP contribution in [0.5, 0.6) is 0 Å². The molecule has 1 aliphatic heterocycles. The van der Waals surface area contributed by atoms with Gasteiger partial charge in [-0.05, 0) is 62.7 Å². The van der Waals surface area contributed by atoms with Crippen molar-refractivity contribution in [2.75, 3.05) is 32.5 Å². The highest BCUT2D eigenvalue weighted by Crippen LogP contribution is 2.23. The van der Waals surface area contributed by atoms with Crippen LogP contribution in [0.1, 0.15) is 93.9 Å². The molecule has 0 aromatic rings. The summed E-state index contributed by atoms with van der Waals surface area (Å²) in [5.41, 5.74) is 0. The van der Waals surface area contributed by atoms with E-state index in [1.54, 1.807) is 6.92 Å². The number of carboxylic acid groups (broad SMARTS) is 1. The first kappa shape index (κ1) is 49.7. The number of rotatable bonds is 23. The van der Waals surface area contributed by atoms with Crippen molar-refractivity contribution in [1.82, 2.24) is 36.2 Å². The third-order valence-electron chi connectivity index (χ3n) is 8.72. The number of likely N-dealkylation sites (tertiary alicyclic amines) is 1. The van der Waals surface area contributed by atoms with E-state index in [1.807, 2.05) is 41.5 Å². The van der Waals surface area contributed by atoms with Crippen LogP contribution in [0.25, 0.3) is 0 Å². The Balaban J connectivity index is 3.22. The van der Waals surface area contributed by atoms with Crippen LogP contribution in [0.4, 0.5) is 4.79 Å². The first-order valence-electron chi connectivity index (χ1n) is 19.1. The number of aliphatic carboxylic acids is 1. The molecule has 0 aliphatic carbocycles. The van der Waals surface area contributed by atoms with E-state index in [2.05, 4.69) is 31.3 Å². The summed E-state index contributed by atoms with van der Waals surface area (Å²) in [6, 6.07) is -5.94. The highest BCUT2D eigenvalue weighted by Gasteiger charge is 2.38. The van der Waals surface area contributed by atoms with Crippen molar-refractivity contribution in [3.05, 3.63) is 0 Å². The van der Waals surface area contributed by atoms with Crippen molar-refractivity contribution in [3.63, 3.8) is 0 Å². The van der Waals surface area contributed by atoms with Crippen LogP contribution in [-0.4, -0.2) is 129 Å². The zero-order valence-electron chi connectivity index (χ0n) is 34.1. The fraction of sp³-hybridized carbons (Fsp3) is 0.778. The van der Waals surface area contributed by atoms with Gasteiger partial charge in [-0.1, -0.05) is 54.9 Å². The first-order chi connectivity index (χ1) is 25.9. The van der Waals surface area contributed by atoms with Gasteiger partial charge < -0.3 is 41.3 Å². The molecule has 0 bridgehead atoms. The molecule has 0 saturated carbocycles. The maximum atomic E-state index is 14.0. The van der Waals surface area contributed by atoms with Gasteiger partial charge in [-0.3, -0.25) is 33.6 Å². The van der Waals surface area contributed by atoms with Crippen molar-refractivity contribution in [2.24, 2.45) is 23.7 Å². The highest BCUT2D eigenvalue weighted by molar-refractivity contribution is 7.88. The summed E-state index contributed by atoms with van der Waals surface area (Å²) in [4.78, 5) is 104. The van der Waals surface area contributed by atoms with Gasteiger partial charge in [0.05, 0.1) is 25.4 Å². The van der Waals surface area contributed by atoms with Crippen molar-refractivity contribution in [1.29, 1.82) is 0 Å². The molecule has 6 amide bonds. The highest BCUT2D eigenvalue weighted by atomic mass is 32.2. The monoisotopic (exact) mass is 817 g/mol. The second-order valence-electron chi connectivity index (χ2n) is 15.6. The Morgan fingerprint density at radius 1 is 0.768 bits per heavy atom. The van der Waals surface area contributed by atoms with Gasteiger partial charge in [0.25, 0.3) is 5.91 Å². The van der Waals surface area contributed by atoms with Crippen molar-refractivity contribution in [3.8, 4) is 0 Å². The number of alkyl carbamates (subject to hydrolysis) is 1. The topological polar surface area (TPSA) is 276 Å². The maximum absolute atomic E-state index is 14.0. The summed E-state index contributed by atoms with van der Waals surface area (Å²) in [6.45, 7) is 13.7. The maximum Gasteiger partial charge on any atom is 0.407 e. The average Bonchev–Trinajstić information content (AvgIpc) is 3.09. The third kappa shape index (κ3) is 18.5. The van der Waals surface area contributed by atoms with Gasteiger partial charge in [0.2, 0.25) is 39.4 Å². The normalized spacial score (nSPS) is 16.2. The summed E-state index contributed by atoms with van der Waals surface area (Å²) >= 11 is 0. The van der Waals surface area contributed by atoms with Gasteiger partial charge >= 0.3 is 12.1 Å². The number of amides is 6. The summed E-state index contributed by atoms with van der Waals surface area (Å²) in [6.07, 6.45) is 1.42. The lowest BCUT2D eigenvalue weighted by Gasteiger charge is -2.37. The molecule has 1 heterocycles. The van der Waals surface area contributed by atoms with E-state index >= 15 is 0 Å². The van der Waals surface area contributed by atoms with E-state index < -0.39 is 100 Å². The Hall–Kier alpha value is -4.33. The fourth-order valence-corrected chi connectivity index (χ4v) is 6.68. The molecule has 56 heavy (non-hydrogen) atoms. The standard InChI is InChI=1S/C36H63N7O12S/c1-10-11-25(30(45)33(48)37-18-28(44)38-23(8)35(50)51)39-31(46)26(16-20(2)3)40-32(47)29(41-36(52)55-19-22(6)7)24-12-14-43(15-13-24)34(49)27(17-21(4)5)42-56(9,53)54/h20-27,29,42H,10-19H2,1-9H3,(H,37,48)(H,38,44)(H,39,46)(H,40,47)(H,41,52)(H,50,51)/t23-,25?,26-,27-,29-/m0/s1. The van der Waals surface area contributed by atoms with Gasteiger partial charge in [-0.25, -0.2) is 17.9 Å². The number of Topliss-reactive ketones (excluding diaryl/α,β-unsaturated/α-hetero) is 1. The molecule has 1 rings (SSSR count). The Bertz CT molecular complexity index is 1500. The van der Waals surface area contributed by atoms with Gasteiger partial charge in [-0.2, -0.15) is 0 Å². The lowest BCUT2D eigenvalue weighted by molar-refractivity contribution is -0.142. The number of ether oxygens (including phenoxy) is 1. The lowest BCUT2D eigenvalue weighted by atomic mass is 9.88. The minimum Gasteiger partial charge on any atom is -0.480 e. The number of nitrogens with zero attached hydrogens (tertiary/aromatic N) is 1. The zero-order chi connectivity index (χ0) is 42.9. The van der Waals surface area contributed by atoms with E-state index in [0.29, 0.717) is 6.42 Å². The number of ketones is 1. The number of carboxylic acids is 1. The third-order valence-corrected chi connectivity index (χ3v) is 9.43. The van der Waals surface area contributed by atoms with E-state index in [1.165, 1.54) is 11.8 Å². The average molecular weight is 818 g/mol. The molecule has 5 atom stereocenters. The van der Waals surface area contributed by atoms with Gasteiger partial charge in [0.15, 0.2) is 0 Å². The van der Waals surface area contributed by atoms with Crippen LogP contribution >= 0.6 is 0 Å². The molecule has 1 saturated heterocycles. The van der Waals surface area contributed by atoms with Gasteiger partial charge in [-0.15, -0.1) is 0 Å². The number of sulfonamides is 1. The largest absolute Gasteiger partial charge is 0.480 e. The summed E-state index contributed by atoms with van der Waals surface area (Å²) in [7, 11) is -3.69. The van der Waals surface area contributed by atoms with E-state index in [-0.39, 0.29) is 69.6 Å². The molecule has 1 unspecified atom stereocenters. The van der Waals surface area contributed by atoms with Gasteiger partial charge in [0, 0.05) is 13.1 Å². The van der Waals surface area contributed by atoms with E-state index in [4.69, 9.17) is 9.84 Å². The number of hydrogen-bond donors (Lipinski definition) is 7. The summed E-state index contributed by atoms with van der Waals surface area (Å²) in [5.74, 6) is -6.90. The van der Waals surface area contributed by atoms with Crippen molar-refractivity contribution < 1.29 is 56.6 Å². The second kappa shape index (κ2) is 23.7. The smallest absolute Gasteiger partial charge is 0.407 e. The molecule has 0 radical (unpaired) electrons. The van der Waals surface area contributed by atoms with Crippen LogP contribution in [0, 0.1) is 23.7 Å². The van der Waals surface area contributed by atoms with Crippen LogP contribution in [0.3, 0.4) is 0 Å². The Morgan fingerprint density at radius 3 is 1.82 bits per heavy atom. The predicted octanol–water partition coefficient (Wildman–Crippen LogP) is 0.0301. The van der Waals surface area contributed by atoms with Crippen LogP contribution in [0.2, 0.25) is 0 Å². The molecule has 7 N–H and O–H groups in total. The van der Waals surface area contributed by atoms with Crippen LogP contribution in [0.15, 0.2) is 0 Å². The number of piperidine rings is 1. The Kier molecular flexibility index (Phi) is 21.0. The molecule has 0 spiro atoms. The molecule has 320 valence electrons. The summed E-state index contributed by atoms with van der Waals surface area (Å²) in [5, 5.41) is 21.1.